The number of alkyl halides is 1. The molecule has 0 aromatic heterocycles. The number of fused-ring (bicyclic) bond motifs is 5. The number of rotatable bonds is 1. The Morgan fingerprint density at radius 3 is 2.56 bits per heavy atom. The van der Waals surface area contributed by atoms with Gasteiger partial charge >= 0.3 is 5.97 Å². The molecule has 140 valence electrons. The van der Waals surface area contributed by atoms with E-state index in [2.05, 4.69) is 13.8 Å². The van der Waals surface area contributed by atoms with Gasteiger partial charge in [0, 0.05) is 25.2 Å². The molecule has 0 aromatic rings. The number of halogens is 1. The molecular formula is C21H31ClO3. The number of esters is 1. The smallest absolute Gasteiger partial charge is 0.302 e. The van der Waals surface area contributed by atoms with Crippen LogP contribution in [0.5, 0.6) is 0 Å². The Morgan fingerprint density at radius 1 is 1.08 bits per heavy atom. The molecule has 0 heterocycles. The van der Waals surface area contributed by atoms with Crippen molar-refractivity contribution < 1.29 is 14.3 Å². The molecule has 0 saturated heterocycles. The summed E-state index contributed by atoms with van der Waals surface area (Å²) in [6.45, 7) is 6.11. The van der Waals surface area contributed by atoms with Crippen LogP contribution < -0.4 is 0 Å². The lowest BCUT2D eigenvalue weighted by atomic mass is 9.45. The second-order valence-electron chi connectivity index (χ2n) is 9.69. The van der Waals surface area contributed by atoms with E-state index >= 15 is 0 Å². The zero-order valence-corrected chi connectivity index (χ0v) is 16.5. The van der Waals surface area contributed by atoms with E-state index in [1.54, 1.807) is 0 Å². The SMILES string of the molecule is CC(=O)O[C@H]1CC[C@]2(C)[C@H]3CC[C@]4(C)C(=O)CC[C@H]4[C@@H]3CC[C@]2(Cl)C1. The predicted molar refractivity (Wildman–Crippen MR) is 97.4 cm³/mol. The first-order chi connectivity index (χ1) is 11.7. The molecule has 25 heavy (non-hydrogen) atoms. The van der Waals surface area contributed by atoms with Crippen molar-refractivity contribution in [3.8, 4) is 0 Å². The van der Waals surface area contributed by atoms with Crippen LogP contribution in [0.4, 0.5) is 0 Å². The highest BCUT2D eigenvalue weighted by molar-refractivity contribution is 6.24. The van der Waals surface area contributed by atoms with Gasteiger partial charge in [-0.2, -0.15) is 0 Å². The van der Waals surface area contributed by atoms with E-state index in [0.29, 0.717) is 23.5 Å². The molecule has 4 rings (SSSR count). The summed E-state index contributed by atoms with van der Waals surface area (Å²) in [5, 5.41) is 0. The van der Waals surface area contributed by atoms with E-state index in [9.17, 15) is 9.59 Å². The summed E-state index contributed by atoms with van der Waals surface area (Å²) in [4.78, 5) is 23.6. The predicted octanol–water partition coefficient (Wildman–Crippen LogP) is 4.89. The van der Waals surface area contributed by atoms with Crippen LogP contribution in [0.1, 0.15) is 78.6 Å². The fourth-order valence-corrected chi connectivity index (χ4v) is 7.78. The van der Waals surface area contributed by atoms with Crippen LogP contribution in [0.2, 0.25) is 0 Å². The van der Waals surface area contributed by atoms with Gasteiger partial charge in [-0.1, -0.05) is 13.8 Å². The van der Waals surface area contributed by atoms with Crippen LogP contribution in [0.25, 0.3) is 0 Å². The zero-order chi connectivity index (χ0) is 18.0. The van der Waals surface area contributed by atoms with Gasteiger partial charge in [-0.15, -0.1) is 11.6 Å². The maximum absolute atomic E-state index is 12.5. The van der Waals surface area contributed by atoms with Crippen molar-refractivity contribution in [1.82, 2.24) is 0 Å². The highest BCUT2D eigenvalue weighted by Gasteiger charge is 2.64. The van der Waals surface area contributed by atoms with E-state index in [1.807, 2.05) is 0 Å². The third-order valence-corrected chi connectivity index (χ3v) is 9.51. The van der Waals surface area contributed by atoms with Crippen molar-refractivity contribution in [2.75, 3.05) is 0 Å². The summed E-state index contributed by atoms with van der Waals surface area (Å²) in [5.41, 5.74) is 0.0277. The summed E-state index contributed by atoms with van der Waals surface area (Å²) in [7, 11) is 0. The molecule has 0 N–H and O–H groups in total. The van der Waals surface area contributed by atoms with Crippen molar-refractivity contribution in [1.29, 1.82) is 0 Å². The topological polar surface area (TPSA) is 43.4 Å². The first kappa shape index (κ1) is 17.8. The third-order valence-electron chi connectivity index (χ3n) is 8.73. The van der Waals surface area contributed by atoms with Crippen LogP contribution in [0.15, 0.2) is 0 Å². The first-order valence-corrected chi connectivity index (χ1v) is 10.5. The molecule has 4 aliphatic rings. The summed E-state index contributed by atoms with van der Waals surface area (Å²) < 4.78 is 5.52. The monoisotopic (exact) mass is 366 g/mol. The standard InChI is InChI=1S/C21H31ClO3/c1-13(23)25-14-6-10-20(3)17-8-9-19(2)16(4-5-18(19)24)15(17)7-11-21(20,22)12-14/h14-17H,4-12H2,1-3H3/t14-,15-,16-,17-,19-,20+,21-/m0/s1. The summed E-state index contributed by atoms with van der Waals surface area (Å²) in [6.07, 6.45) is 8.87. The first-order valence-electron chi connectivity index (χ1n) is 10.1. The van der Waals surface area contributed by atoms with Crippen molar-refractivity contribution in [3.63, 3.8) is 0 Å². The molecule has 4 aliphatic carbocycles. The van der Waals surface area contributed by atoms with Gasteiger partial charge in [0.15, 0.2) is 0 Å². The normalized spacial score (nSPS) is 52.1. The molecule has 0 aromatic carbocycles. The molecule has 4 fully saturated rings. The van der Waals surface area contributed by atoms with E-state index < -0.39 is 0 Å². The summed E-state index contributed by atoms with van der Waals surface area (Å²) >= 11 is 7.26. The minimum atomic E-state index is -0.261. The van der Waals surface area contributed by atoms with Gasteiger partial charge < -0.3 is 4.74 Å². The van der Waals surface area contributed by atoms with Crippen LogP contribution >= 0.6 is 11.6 Å². The largest absolute Gasteiger partial charge is 0.462 e. The molecule has 7 atom stereocenters. The average molecular weight is 367 g/mol. The molecule has 4 heteroatoms. The van der Waals surface area contributed by atoms with Gasteiger partial charge in [-0.25, -0.2) is 0 Å². The number of carbonyl (C=O) groups is 2. The molecule has 0 aliphatic heterocycles. The summed E-state index contributed by atoms with van der Waals surface area (Å²) in [6, 6.07) is 0. The Kier molecular flexibility index (Phi) is 4.07. The number of ketones is 1. The van der Waals surface area contributed by atoms with Gasteiger partial charge in [0.05, 0.1) is 4.87 Å². The zero-order valence-electron chi connectivity index (χ0n) is 15.8. The lowest BCUT2D eigenvalue weighted by molar-refractivity contribution is -0.156. The highest BCUT2D eigenvalue weighted by atomic mass is 35.5. The third kappa shape index (κ3) is 2.44. The number of hydrogen-bond acceptors (Lipinski definition) is 3. The van der Waals surface area contributed by atoms with E-state index in [0.717, 1.165) is 57.8 Å². The minimum absolute atomic E-state index is 0.0264. The van der Waals surface area contributed by atoms with Crippen molar-refractivity contribution in [2.45, 2.75) is 89.5 Å². The Hall–Kier alpha value is -0.570. The van der Waals surface area contributed by atoms with Crippen LogP contribution in [0, 0.1) is 28.6 Å². The Balaban J connectivity index is 1.60. The molecule has 0 unspecified atom stereocenters. The van der Waals surface area contributed by atoms with Gasteiger partial charge in [-0.3, -0.25) is 9.59 Å². The number of ether oxygens (including phenoxy) is 1. The van der Waals surface area contributed by atoms with Gasteiger partial charge in [0.1, 0.15) is 11.9 Å². The van der Waals surface area contributed by atoms with Gasteiger partial charge in [-0.05, 0) is 68.1 Å². The van der Waals surface area contributed by atoms with Gasteiger partial charge in [0.25, 0.3) is 0 Å². The number of hydrogen-bond donors (Lipinski definition) is 0. The highest BCUT2D eigenvalue weighted by Crippen LogP contribution is 2.68. The molecule has 0 bridgehead atoms. The quantitative estimate of drug-likeness (QED) is 0.490. The number of carbonyl (C=O) groups excluding carboxylic acids is 2. The Bertz CT molecular complexity index is 604. The lowest BCUT2D eigenvalue weighted by Crippen LogP contribution is -2.60. The second-order valence-corrected chi connectivity index (χ2v) is 10.4. The van der Waals surface area contributed by atoms with E-state index in [4.69, 9.17) is 16.3 Å². The maximum atomic E-state index is 12.5. The maximum Gasteiger partial charge on any atom is 0.302 e. The van der Waals surface area contributed by atoms with Crippen LogP contribution in [-0.2, 0) is 14.3 Å². The molecular weight excluding hydrogens is 336 g/mol. The van der Waals surface area contributed by atoms with Crippen molar-refractivity contribution in [3.05, 3.63) is 0 Å². The lowest BCUT2D eigenvalue weighted by Gasteiger charge is -2.63. The van der Waals surface area contributed by atoms with Crippen LogP contribution in [0.3, 0.4) is 0 Å². The average Bonchev–Trinajstić information content (AvgIpc) is 2.84. The second kappa shape index (κ2) is 5.71. The fraction of sp³-hybridized carbons (Fsp3) is 0.905. The molecule has 4 saturated carbocycles. The van der Waals surface area contributed by atoms with Crippen molar-refractivity contribution >= 4 is 23.4 Å². The molecule has 0 spiro atoms. The van der Waals surface area contributed by atoms with Crippen molar-refractivity contribution in [2.24, 2.45) is 28.6 Å². The Labute approximate surface area is 156 Å². The molecule has 0 amide bonds. The Morgan fingerprint density at radius 2 is 1.84 bits per heavy atom. The minimum Gasteiger partial charge on any atom is -0.462 e. The fourth-order valence-electron chi connectivity index (χ4n) is 7.27. The van der Waals surface area contributed by atoms with Gasteiger partial charge in [0.2, 0.25) is 0 Å². The van der Waals surface area contributed by atoms with Crippen LogP contribution in [-0.4, -0.2) is 22.7 Å². The molecule has 0 radical (unpaired) electrons. The molecule has 3 nitrogen and oxygen atoms in total. The van der Waals surface area contributed by atoms with E-state index in [-0.39, 0.29) is 27.8 Å². The number of Topliss-reactive ketones (excluding diaryl/α,β-unsaturated/α-hetero) is 1. The van der Waals surface area contributed by atoms with E-state index in [1.165, 1.54) is 6.92 Å². The summed E-state index contributed by atoms with van der Waals surface area (Å²) in [5.74, 6) is 2.12.